The Morgan fingerprint density at radius 3 is 2.62 bits per heavy atom. The van der Waals surface area contributed by atoms with E-state index in [9.17, 15) is 4.79 Å². The third-order valence-corrected chi connectivity index (χ3v) is 5.30. The van der Waals surface area contributed by atoms with Gasteiger partial charge in [0.15, 0.2) is 0 Å². The number of hydrogen-bond acceptors (Lipinski definition) is 3. The quantitative estimate of drug-likeness (QED) is 0.801. The number of carbonyl (C=O) groups is 1. The lowest BCUT2D eigenvalue weighted by Gasteiger charge is -2.34. The van der Waals surface area contributed by atoms with Crippen molar-refractivity contribution >= 4 is 5.91 Å². The Kier molecular flexibility index (Phi) is 6.67. The largest absolute Gasteiger partial charge is 0.497 e. The fourth-order valence-electron chi connectivity index (χ4n) is 3.75. The van der Waals surface area contributed by atoms with Crippen molar-refractivity contribution in [1.29, 1.82) is 0 Å². The first-order valence-corrected chi connectivity index (χ1v) is 9.08. The summed E-state index contributed by atoms with van der Waals surface area (Å²) in [6, 6.07) is 7.86. The average Bonchev–Trinajstić information content (AvgIpc) is 2.61. The topological polar surface area (TPSA) is 50.4 Å². The second kappa shape index (κ2) is 8.52. The van der Waals surface area contributed by atoms with E-state index in [0.29, 0.717) is 5.92 Å². The Hall–Kier alpha value is -1.55. The van der Waals surface area contributed by atoms with Gasteiger partial charge in [0.1, 0.15) is 5.75 Å². The zero-order valence-electron chi connectivity index (χ0n) is 15.5. The van der Waals surface area contributed by atoms with Crippen LogP contribution in [-0.2, 0) is 4.79 Å². The predicted molar refractivity (Wildman–Crippen MR) is 98.2 cm³/mol. The molecule has 0 radical (unpaired) electrons. The van der Waals surface area contributed by atoms with Gasteiger partial charge in [-0.3, -0.25) is 4.79 Å². The maximum absolute atomic E-state index is 12.9. The van der Waals surface area contributed by atoms with Crippen LogP contribution in [0.2, 0.25) is 0 Å². The summed E-state index contributed by atoms with van der Waals surface area (Å²) in [6.07, 6.45) is 6.42. The van der Waals surface area contributed by atoms with E-state index in [1.807, 2.05) is 45.2 Å². The summed E-state index contributed by atoms with van der Waals surface area (Å²) in [4.78, 5) is 12.9. The molecule has 1 unspecified atom stereocenters. The zero-order valence-corrected chi connectivity index (χ0v) is 15.5. The summed E-state index contributed by atoms with van der Waals surface area (Å²) in [6.45, 7) is 4.81. The smallest absolute Gasteiger partial charge is 0.227 e. The van der Waals surface area contributed by atoms with Gasteiger partial charge < -0.3 is 15.4 Å². The van der Waals surface area contributed by atoms with Crippen LogP contribution in [0.4, 0.5) is 0 Å². The highest BCUT2D eigenvalue weighted by atomic mass is 16.5. The number of hydrogen-bond donors (Lipinski definition) is 2. The van der Waals surface area contributed by atoms with E-state index >= 15 is 0 Å². The maximum atomic E-state index is 12.9. The Bertz CT molecular complexity index is 536. The molecule has 1 saturated carbocycles. The first kappa shape index (κ1) is 18.8. The molecule has 1 aromatic carbocycles. The lowest BCUT2D eigenvalue weighted by Crippen LogP contribution is -2.46. The van der Waals surface area contributed by atoms with Crippen LogP contribution in [-0.4, -0.2) is 26.6 Å². The molecule has 0 saturated heterocycles. The van der Waals surface area contributed by atoms with Gasteiger partial charge >= 0.3 is 0 Å². The molecule has 4 nitrogen and oxygen atoms in total. The second-order valence-electron chi connectivity index (χ2n) is 7.43. The molecule has 4 heteroatoms. The molecule has 2 rings (SSSR count). The van der Waals surface area contributed by atoms with Crippen molar-refractivity contribution in [1.82, 2.24) is 10.6 Å². The lowest BCUT2D eigenvalue weighted by molar-refractivity contribution is -0.131. The molecule has 0 aliphatic heterocycles. The van der Waals surface area contributed by atoms with E-state index in [1.54, 1.807) is 7.11 Å². The number of benzene rings is 1. The van der Waals surface area contributed by atoms with E-state index in [-0.39, 0.29) is 11.9 Å². The normalized spacial score (nSPS) is 17.3. The fraction of sp³-hybridized carbons (Fsp3) is 0.650. The van der Waals surface area contributed by atoms with Crippen LogP contribution in [0.3, 0.4) is 0 Å². The molecule has 0 spiro atoms. The predicted octanol–water partition coefficient (Wildman–Crippen LogP) is 3.68. The number of carbonyl (C=O) groups excluding carboxylic acids is 1. The van der Waals surface area contributed by atoms with E-state index < -0.39 is 5.41 Å². The molecule has 2 N–H and O–H groups in total. The van der Waals surface area contributed by atoms with Crippen LogP contribution in [0, 0.1) is 11.3 Å². The number of nitrogens with one attached hydrogen (secondary N) is 2. The van der Waals surface area contributed by atoms with Gasteiger partial charge in [-0.1, -0.05) is 31.4 Å². The summed E-state index contributed by atoms with van der Waals surface area (Å²) >= 11 is 0. The third kappa shape index (κ3) is 4.50. The molecular formula is C20H32N2O2. The molecular weight excluding hydrogens is 300 g/mol. The maximum Gasteiger partial charge on any atom is 0.227 e. The number of ether oxygens (including phenoxy) is 1. The van der Waals surface area contributed by atoms with Crippen molar-refractivity contribution in [3.63, 3.8) is 0 Å². The highest BCUT2D eigenvalue weighted by Crippen LogP contribution is 2.35. The van der Waals surface area contributed by atoms with E-state index in [1.165, 1.54) is 32.1 Å². The van der Waals surface area contributed by atoms with Crippen LogP contribution >= 0.6 is 0 Å². The van der Waals surface area contributed by atoms with Gasteiger partial charge in [-0.05, 0) is 57.4 Å². The molecule has 0 aromatic heterocycles. The highest BCUT2D eigenvalue weighted by Gasteiger charge is 2.37. The van der Waals surface area contributed by atoms with Gasteiger partial charge in [0.05, 0.1) is 12.5 Å². The monoisotopic (exact) mass is 332 g/mol. The van der Waals surface area contributed by atoms with Crippen LogP contribution in [0.15, 0.2) is 24.3 Å². The standard InChI is InChI=1S/C20H32N2O2/c1-20(2,19(23)22-14-15-9-6-5-7-10-15)18(21-3)16-11-8-12-17(13-16)24-4/h8,11-13,15,18,21H,5-7,9-10,14H2,1-4H3,(H,22,23). The Morgan fingerprint density at radius 2 is 2.00 bits per heavy atom. The SMILES string of the molecule is CNC(c1cccc(OC)c1)C(C)(C)C(=O)NCC1CCCCC1. The molecule has 134 valence electrons. The fourth-order valence-corrected chi connectivity index (χ4v) is 3.75. The minimum atomic E-state index is -0.546. The molecule has 1 aliphatic carbocycles. The third-order valence-electron chi connectivity index (χ3n) is 5.30. The van der Waals surface area contributed by atoms with Gasteiger partial charge in [0.2, 0.25) is 5.91 Å². The van der Waals surface area contributed by atoms with Crippen LogP contribution < -0.4 is 15.4 Å². The second-order valence-corrected chi connectivity index (χ2v) is 7.43. The van der Waals surface area contributed by atoms with E-state index in [2.05, 4.69) is 10.6 Å². The van der Waals surface area contributed by atoms with Crippen molar-refractivity contribution < 1.29 is 9.53 Å². The lowest BCUT2D eigenvalue weighted by atomic mass is 9.79. The first-order chi connectivity index (χ1) is 11.5. The summed E-state index contributed by atoms with van der Waals surface area (Å²) in [5.74, 6) is 1.56. The first-order valence-electron chi connectivity index (χ1n) is 9.08. The van der Waals surface area contributed by atoms with Gasteiger partial charge in [0, 0.05) is 12.6 Å². The Balaban J connectivity index is 2.05. The number of methoxy groups -OCH3 is 1. The van der Waals surface area contributed by atoms with E-state index in [4.69, 9.17) is 4.74 Å². The molecule has 1 amide bonds. The molecule has 0 bridgehead atoms. The number of rotatable bonds is 7. The summed E-state index contributed by atoms with van der Waals surface area (Å²) in [5.41, 5.74) is 0.519. The van der Waals surface area contributed by atoms with Crippen molar-refractivity contribution in [2.75, 3.05) is 20.7 Å². The molecule has 24 heavy (non-hydrogen) atoms. The van der Waals surface area contributed by atoms with Crippen LogP contribution in [0.5, 0.6) is 5.75 Å². The van der Waals surface area contributed by atoms with Gasteiger partial charge in [-0.15, -0.1) is 0 Å². The highest BCUT2D eigenvalue weighted by molar-refractivity contribution is 5.83. The van der Waals surface area contributed by atoms with Crippen molar-refractivity contribution in [2.45, 2.75) is 52.0 Å². The number of amides is 1. The van der Waals surface area contributed by atoms with Gasteiger partial charge in [-0.2, -0.15) is 0 Å². The van der Waals surface area contributed by atoms with Crippen LogP contribution in [0.1, 0.15) is 57.6 Å². The Morgan fingerprint density at radius 1 is 1.29 bits per heavy atom. The Labute approximate surface area is 146 Å². The summed E-state index contributed by atoms with van der Waals surface area (Å²) in [7, 11) is 3.57. The molecule has 1 atom stereocenters. The minimum Gasteiger partial charge on any atom is -0.497 e. The van der Waals surface area contributed by atoms with Gasteiger partial charge in [-0.25, -0.2) is 0 Å². The molecule has 1 aromatic rings. The molecule has 1 aliphatic rings. The van der Waals surface area contributed by atoms with Gasteiger partial charge in [0.25, 0.3) is 0 Å². The summed E-state index contributed by atoms with van der Waals surface area (Å²) < 4.78 is 5.32. The summed E-state index contributed by atoms with van der Waals surface area (Å²) in [5, 5.41) is 6.51. The molecule has 0 heterocycles. The zero-order chi connectivity index (χ0) is 17.6. The van der Waals surface area contributed by atoms with Crippen molar-refractivity contribution in [3.05, 3.63) is 29.8 Å². The minimum absolute atomic E-state index is 0.0704. The van der Waals surface area contributed by atoms with E-state index in [0.717, 1.165) is 17.9 Å². The average molecular weight is 332 g/mol. The van der Waals surface area contributed by atoms with Crippen molar-refractivity contribution in [2.24, 2.45) is 11.3 Å². The van der Waals surface area contributed by atoms with Crippen molar-refractivity contribution in [3.8, 4) is 5.75 Å². The molecule has 1 fully saturated rings. The van der Waals surface area contributed by atoms with Crippen LogP contribution in [0.25, 0.3) is 0 Å².